The number of nitrogens with one attached hydrogen (secondary N) is 1. The summed E-state index contributed by atoms with van der Waals surface area (Å²) in [4.78, 5) is 38.6. The van der Waals surface area contributed by atoms with E-state index in [1.165, 1.54) is 14.2 Å². The standard InChI is InChI=1S/C22H22N2O5S/c1-13-5-6-16(9-14(13)2)23-20(25)12-24-21(26)19(30-22(24)27)11-15-10-17(28-3)7-8-18(15)29-4/h5-11H,12H2,1-4H3,(H,23,25)/b19-11+. The average Bonchev–Trinajstić information content (AvgIpc) is 2.98. The normalized spacial score (nSPS) is 14.9. The maximum absolute atomic E-state index is 12.7. The first-order valence-electron chi connectivity index (χ1n) is 9.17. The molecule has 30 heavy (non-hydrogen) atoms. The first-order valence-corrected chi connectivity index (χ1v) is 9.98. The number of ether oxygens (including phenoxy) is 2. The van der Waals surface area contributed by atoms with Crippen LogP contribution in [0.1, 0.15) is 16.7 Å². The Morgan fingerprint density at radius 3 is 2.50 bits per heavy atom. The Morgan fingerprint density at radius 1 is 1.07 bits per heavy atom. The fourth-order valence-corrected chi connectivity index (χ4v) is 3.72. The average molecular weight is 426 g/mol. The summed E-state index contributed by atoms with van der Waals surface area (Å²) >= 11 is 0.784. The highest BCUT2D eigenvalue weighted by molar-refractivity contribution is 8.18. The van der Waals surface area contributed by atoms with Gasteiger partial charge in [0.2, 0.25) is 5.91 Å². The maximum Gasteiger partial charge on any atom is 0.294 e. The van der Waals surface area contributed by atoms with Gasteiger partial charge in [0.05, 0.1) is 19.1 Å². The van der Waals surface area contributed by atoms with Gasteiger partial charge in [-0.2, -0.15) is 0 Å². The molecule has 1 fully saturated rings. The highest BCUT2D eigenvalue weighted by Gasteiger charge is 2.36. The lowest BCUT2D eigenvalue weighted by Gasteiger charge is -2.13. The van der Waals surface area contributed by atoms with Crippen LogP contribution in [0.25, 0.3) is 6.08 Å². The van der Waals surface area contributed by atoms with Gasteiger partial charge in [-0.1, -0.05) is 6.07 Å². The van der Waals surface area contributed by atoms with Gasteiger partial charge >= 0.3 is 0 Å². The summed E-state index contributed by atoms with van der Waals surface area (Å²) in [5, 5.41) is 2.23. The number of thioether (sulfide) groups is 1. The van der Waals surface area contributed by atoms with Crippen molar-refractivity contribution in [3.8, 4) is 11.5 Å². The zero-order chi connectivity index (χ0) is 21.8. The highest BCUT2D eigenvalue weighted by atomic mass is 32.2. The lowest BCUT2D eigenvalue weighted by atomic mass is 10.1. The van der Waals surface area contributed by atoms with Crippen molar-refractivity contribution in [2.75, 3.05) is 26.1 Å². The van der Waals surface area contributed by atoms with E-state index in [1.54, 1.807) is 30.3 Å². The van der Waals surface area contributed by atoms with Crippen LogP contribution in [0.15, 0.2) is 41.3 Å². The fourth-order valence-electron chi connectivity index (χ4n) is 2.89. The zero-order valence-electron chi connectivity index (χ0n) is 17.1. The Labute approximate surface area is 179 Å². The molecule has 0 bridgehead atoms. The van der Waals surface area contributed by atoms with Crippen LogP contribution >= 0.6 is 11.8 Å². The smallest absolute Gasteiger partial charge is 0.294 e. The van der Waals surface area contributed by atoms with E-state index in [0.29, 0.717) is 22.7 Å². The molecule has 3 amide bonds. The van der Waals surface area contributed by atoms with Crippen molar-refractivity contribution < 1.29 is 23.9 Å². The third kappa shape index (κ3) is 4.65. The van der Waals surface area contributed by atoms with Crippen molar-refractivity contribution >= 4 is 40.6 Å². The molecule has 3 rings (SSSR count). The summed E-state index contributed by atoms with van der Waals surface area (Å²) < 4.78 is 10.5. The predicted molar refractivity (Wildman–Crippen MR) is 117 cm³/mol. The van der Waals surface area contributed by atoms with Crippen LogP contribution in [0.5, 0.6) is 11.5 Å². The Balaban J connectivity index is 1.75. The van der Waals surface area contributed by atoms with Crippen LogP contribution in [-0.2, 0) is 9.59 Å². The van der Waals surface area contributed by atoms with Crippen LogP contribution in [0, 0.1) is 13.8 Å². The SMILES string of the molecule is COc1ccc(OC)c(/C=C2/SC(=O)N(CC(=O)Nc3ccc(C)c(C)c3)C2=O)c1. The number of carbonyl (C=O) groups excluding carboxylic acids is 3. The van der Waals surface area contributed by atoms with Crippen LogP contribution < -0.4 is 14.8 Å². The number of hydrogen-bond donors (Lipinski definition) is 1. The molecule has 156 valence electrons. The van der Waals surface area contributed by atoms with E-state index in [2.05, 4.69) is 5.32 Å². The summed E-state index contributed by atoms with van der Waals surface area (Å²) in [6, 6.07) is 10.7. The van der Waals surface area contributed by atoms with Gasteiger partial charge in [0.1, 0.15) is 18.0 Å². The predicted octanol–water partition coefficient (Wildman–Crippen LogP) is 4.00. The number of methoxy groups -OCH3 is 2. The van der Waals surface area contributed by atoms with Gasteiger partial charge in [0.15, 0.2) is 0 Å². The van der Waals surface area contributed by atoms with Crippen LogP contribution in [-0.4, -0.2) is 42.7 Å². The molecule has 7 nitrogen and oxygen atoms in total. The number of anilines is 1. The molecule has 1 saturated heterocycles. The molecule has 0 unspecified atom stereocenters. The van der Waals surface area contributed by atoms with Crippen molar-refractivity contribution in [2.45, 2.75) is 13.8 Å². The van der Waals surface area contributed by atoms with E-state index < -0.39 is 17.1 Å². The minimum absolute atomic E-state index is 0.213. The number of hydrogen-bond acceptors (Lipinski definition) is 6. The largest absolute Gasteiger partial charge is 0.497 e. The second kappa shape index (κ2) is 9.04. The summed E-state index contributed by atoms with van der Waals surface area (Å²) in [6.07, 6.45) is 1.56. The van der Waals surface area contributed by atoms with Gasteiger partial charge < -0.3 is 14.8 Å². The summed E-state index contributed by atoms with van der Waals surface area (Å²) in [5.41, 5.74) is 3.36. The summed E-state index contributed by atoms with van der Waals surface area (Å²) in [6.45, 7) is 3.56. The Bertz CT molecular complexity index is 1050. The number of benzene rings is 2. The van der Waals surface area contributed by atoms with E-state index in [9.17, 15) is 14.4 Å². The molecule has 1 heterocycles. The number of aryl methyl sites for hydroxylation is 2. The second-order valence-corrected chi connectivity index (χ2v) is 7.72. The van der Waals surface area contributed by atoms with Gasteiger partial charge in [0, 0.05) is 11.3 Å². The molecule has 1 aliphatic heterocycles. The van der Waals surface area contributed by atoms with E-state index in [-0.39, 0.29) is 11.4 Å². The quantitative estimate of drug-likeness (QED) is 0.703. The molecule has 8 heteroatoms. The number of nitrogens with zero attached hydrogens (tertiary/aromatic N) is 1. The molecular formula is C22H22N2O5S. The van der Waals surface area contributed by atoms with Crippen LogP contribution in [0.3, 0.4) is 0 Å². The molecule has 1 N–H and O–H groups in total. The number of imide groups is 1. The number of amides is 3. The summed E-state index contributed by atoms with van der Waals surface area (Å²) in [7, 11) is 3.05. The lowest BCUT2D eigenvalue weighted by Crippen LogP contribution is -2.36. The highest BCUT2D eigenvalue weighted by Crippen LogP contribution is 2.35. The van der Waals surface area contributed by atoms with Crippen LogP contribution in [0.2, 0.25) is 0 Å². The minimum atomic E-state index is -0.523. The molecule has 0 saturated carbocycles. The van der Waals surface area contributed by atoms with Gasteiger partial charge in [-0.05, 0) is 73.1 Å². The molecule has 1 aliphatic rings. The van der Waals surface area contributed by atoms with Gasteiger partial charge in [-0.3, -0.25) is 19.3 Å². The lowest BCUT2D eigenvalue weighted by molar-refractivity contribution is -0.127. The molecular weight excluding hydrogens is 404 g/mol. The van der Waals surface area contributed by atoms with Gasteiger partial charge in [-0.15, -0.1) is 0 Å². The zero-order valence-corrected chi connectivity index (χ0v) is 18.0. The minimum Gasteiger partial charge on any atom is -0.497 e. The third-order valence-corrected chi connectivity index (χ3v) is 5.60. The number of carbonyl (C=O) groups is 3. The Hall–Kier alpha value is -3.26. The monoisotopic (exact) mass is 426 g/mol. The van der Waals surface area contributed by atoms with E-state index >= 15 is 0 Å². The second-order valence-electron chi connectivity index (χ2n) is 6.72. The first kappa shape index (κ1) is 21.4. The third-order valence-electron chi connectivity index (χ3n) is 4.69. The Morgan fingerprint density at radius 2 is 1.83 bits per heavy atom. The van der Waals surface area contributed by atoms with E-state index in [0.717, 1.165) is 27.8 Å². The Kier molecular flexibility index (Phi) is 6.47. The van der Waals surface area contributed by atoms with Crippen molar-refractivity contribution in [3.05, 3.63) is 58.0 Å². The molecule has 0 radical (unpaired) electrons. The molecule has 0 atom stereocenters. The maximum atomic E-state index is 12.7. The van der Waals surface area contributed by atoms with Crippen molar-refractivity contribution in [2.24, 2.45) is 0 Å². The molecule has 2 aromatic carbocycles. The fraction of sp³-hybridized carbons (Fsp3) is 0.227. The van der Waals surface area contributed by atoms with Gasteiger partial charge in [-0.25, -0.2) is 0 Å². The topological polar surface area (TPSA) is 84.9 Å². The molecule has 0 spiro atoms. The first-order chi connectivity index (χ1) is 14.3. The summed E-state index contributed by atoms with van der Waals surface area (Å²) in [5.74, 6) is 0.162. The van der Waals surface area contributed by atoms with E-state index in [4.69, 9.17) is 9.47 Å². The van der Waals surface area contributed by atoms with Gasteiger partial charge in [0.25, 0.3) is 11.1 Å². The molecule has 0 aliphatic carbocycles. The number of rotatable bonds is 6. The van der Waals surface area contributed by atoms with E-state index in [1.807, 2.05) is 26.0 Å². The molecule has 2 aromatic rings. The van der Waals surface area contributed by atoms with Crippen molar-refractivity contribution in [1.82, 2.24) is 4.90 Å². The van der Waals surface area contributed by atoms with Crippen molar-refractivity contribution in [3.63, 3.8) is 0 Å². The molecule has 0 aromatic heterocycles. The van der Waals surface area contributed by atoms with Crippen LogP contribution in [0.4, 0.5) is 10.5 Å². The van der Waals surface area contributed by atoms with Crippen molar-refractivity contribution in [1.29, 1.82) is 0 Å².